The van der Waals surface area contributed by atoms with Crippen LogP contribution in [0.25, 0.3) is 11.3 Å². The Morgan fingerprint density at radius 2 is 1.89 bits per heavy atom. The first-order valence-corrected chi connectivity index (χ1v) is 6.18. The second-order valence-corrected chi connectivity index (χ2v) is 4.91. The van der Waals surface area contributed by atoms with E-state index in [1.807, 2.05) is 0 Å². The van der Waals surface area contributed by atoms with Gasteiger partial charge >= 0.3 is 5.97 Å². The quantitative estimate of drug-likeness (QED) is 0.878. The summed E-state index contributed by atoms with van der Waals surface area (Å²) in [5.74, 6) is -1.26. The van der Waals surface area contributed by atoms with E-state index in [1.165, 1.54) is 12.1 Å². The van der Waals surface area contributed by atoms with Crippen LogP contribution in [0.5, 0.6) is 0 Å². The lowest BCUT2D eigenvalue weighted by Crippen LogP contribution is -2.05. The fourth-order valence-electron chi connectivity index (χ4n) is 1.53. The van der Waals surface area contributed by atoms with Crippen molar-refractivity contribution in [2.45, 2.75) is 0 Å². The maximum Gasteiger partial charge on any atom is 0.356 e. The van der Waals surface area contributed by atoms with E-state index in [2.05, 4.69) is 4.98 Å². The van der Waals surface area contributed by atoms with E-state index in [0.717, 1.165) is 0 Å². The first-order valence-electron chi connectivity index (χ1n) is 5.05. The molecule has 0 fully saturated rings. The number of benzene rings is 1. The molecular formula is C12H7Cl3N2O2. The molecule has 1 aromatic heterocycles. The Morgan fingerprint density at radius 3 is 2.47 bits per heavy atom. The lowest BCUT2D eigenvalue weighted by Gasteiger charge is -2.08. The number of aromatic carboxylic acids is 1. The first-order chi connectivity index (χ1) is 8.90. The summed E-state index contributed by atoms with van der Waals surface area (Å²) in [7, 11) is 0. The summed E-state index contributed by atoms with van der Waals surface area (Å²) < 4.78 is 0. The van der Waals surface area contributed by atoms with Crippen molar-refractivity contribution in [2.75, 3.05) is 5.73 Å². The minimum Gasteiger partial charge on any atom is -0.476 e. The van der Waals surface area contributed by atoms with Gasteiger partial charge in [0.1, 0.15) is 0 Å². The molecule has 0 amide bonds. The van der Waals surface area contributed by atoms with Crippen molar-refractivity contribution in [3.63, 3.8) is 0 Å². The highest BCUT2D eigenvalue weighted by molar-refractivity contribution is 6.37. The van der Waals surface area contributed by atoms with Gasteiger partial charge < -0.3 is 10.8 Å². The molecule has 0 bridgehead atoms. The molecule has 0 radical (unpaired) electrons. The number of carbonyl (C=O) groups is 1. The fraction of sp³-hybridized carbons (Fsp3) is 0. The Balaban J connectivity index is 2.66. The second-order valence-electron chi connectivity index (χ2n) is 3.69. The van der Waals surface area contributed by atoms with E-state index in [1.54, 1.807) is 12.1 Å². The molecule has 0 spiro atoms. The Kier molecular flexibility index (Phi) is 3.85. The minimum absolute atomic E-state index is 0.0960. The number of nitrogens with zero attached hydrogens (tertiary/aromatic N) is 1. The van der Waals surface area contributed by atoms with Crippen molar-refractivity contribution in [2.24, 2.45) is 0 Å². The third kappa shape index (κ3) is 2.76. The summed E-state index contributed by atoms with van der Waals surface area (Å²) >= 11 is 17.6. The van der Waals surface area contributed by atoms with Crippen LogP contribution in [-0.2, 0) is 0 Å². The van der Waals surface area contributed by atoms with Crippen LogP contribution in [0.15, 0.2) is 24.3 Å². The van der Waals surface area contributed by atoms with E-state index >= 15 is 0 Å². The maximum absolute atomic E-state index is 11.0. The lowest BCUT2D eigenvalue weighted by atomic mass is 10.1. The molecular weight excluding hydrogens is 311 g/mol. The van der Waals surface area contributed by atoms with E-state index in [9.17, 15) is 4.79 Å². The molecule has 4 nitrogen and oxygen atoms in total. The molecule has 0 unspecified atom stereocenters. The summed E-state index contributed by atoms with van der Waals surface area (Å²) in [5.41, 5.74) is 6.32. The number of nitrogens with two attached hydrogens (primary N) is 1. The number of aromatic nitrogens is 1. The Hall–Kier alpha value is -1.49. The molecule has 1 heterocycles. The van der Waals surface area contributed by atoms with Crippen LogP contribution < -0.4 is 5.73 Å². The summed E-state index contributed by atoms with van der Waals surface area (Å²) in [6, 6.07) is 6.25. The van der Waals surface area contributed by atoms with Crippen LogP contribution in [0.3, 0.4) is 0 Å². The van der Waals surface area contributed by atoms with E-state index in [-0.39, 0.29) is 16.4 Å². The van der Waals surface area contributed by atoms with Crippen LogP contribution in [0.4, 0.5) is 5.69 Å². The van der Waals surface area contributed by atoms with Gasteiger partial charge in [-0.05, 0) is 24.3 Å². The predicted octanol–water partition coefficient (Wildman–Crippen LogP) is 3.99. The van der Waals surface area contributed by atoms with Gasteiger partial charge in [0.05, 0.1) is 21.4 Å². The fourth-order valence-corrected chi connectivity index (χ4v) is 2.21. The number of carboxylic acids is 1. The normalized spacial score (nSPS) is 10.5. The minimum atomic E-state index is -1.26. The van der Waals surface area contributed by atoms with Crippen LogP contribution in [-0.4, -0.2) is 16.1 Å². The van der Waals surface area contributed by atoms with Gasteiger partial charge in [0.2, 0.25) is 0 Å². The number of nitrogen functional groups attached to an aromatic ring is 1. The third-order valence-corrected chi connectivity index (χ3v) is 3.34. The largest absolute Gasteiger partial charge is 0.476 e. The van der Waals surface area contributed by atoms with Gasteiger partial charge in [-0.1, -0.05) is 34.8 Å². The summed E-state index contributed by atoms with van der Waals surface area (Å²) in [6.45, 7) is 0. The molecule has 19 heavy (non-hydrogen) atoms. The molecule has 2 rings (SSSR count). The molecule has 1 aromatic carbocycles. The van der Waals surface area contributed by atoms with Crippen molar-refractivity contribution in [1.82, 2.24) is 4.98 Å². The summed E-state index contributed by atoms with van der Waals surface area (Å²) in [6.07, 6.45) is 0. The van der Waals surface area contributed by atoms with Gasteiger partial charge in [-0.25, -0.2) is 9.78 Å². The molecule has 0 aliphatic carbocycles. The van der Waals surface area contributed by atoms with Crippen LogP contribution >= 0.6 is 34.8 Å². The maximum atomic E-state index is 11.0. The summed E-state index contributed by atoms with van der Waals surface area (Å²) in [5, 5.41) is 9.73. The molecule has 98 valence electrons. The Bertz CT molecular complexity index is 674. The molecule has 0 atom stereocenters. The topological polar surface area (TPSA) is 76.2 Å². The number of hydrogen-bond acceptors (Lipinski definition) is 3. The lowest BCUT2D eigenvalue weighted by molar-refractivity contribution is 0.0691. The highest BCUT2D eigenvalue weighted by atomic mass is 35.5. The zero-order valence-electron chi connectivity index (χ0n) is 9.32. The monoisotopic (exact) mass is 316 g/mol. The Labute approximate surface area is 123 Å². The SMILES string of the molecule is Nc1cc(-c2ccc(Cl)cc2Cl)nc(C(=O)O)c1Cl. The van der Waals surface area contributed by atoms with Crippen molar-refractivity contribution in [3.8, 4) is 11.3 Å². The standard InChI is InChI=1S/C12H7Cl3N2O2/c13-5-1-2-6(7(14)3-5)9-4-8(16)10(15)11(17-9)12(18)19/h1-4H,(H2,16,17)(H,18,19). The highest BCUT2D eigenvalue weighted by Gasteiger charge is 2.17. The van der Waals surface area contributed by atoms with Gasteiger partial charge in [-0.15, -0.1) is 0 Å². The van der Waals surface area contributed by atoms with Crippen LogP contribution in [0.2, 0.25) is 15.1 Å². The molecule has 3 N–H and O–H groups in total. The second kappa shape index (κ2) is 5.25. The smallest absolute Gasteiger partial charge is 0.356 e. The summed E-state index contributed by atoms with van der Waals surface area (Å²) in [4.78, 5) is 15.0. The van der Waals surface area contributed by atoms with Gasteiger partial charge in [0.25, 0.3) is 0 Å². The molecule has 0 aliphatic heterocycles. The van der Waals surface area contributed by atoms with Gasteiger partial charge in [0.15, 0.2) is 5.69 Å². The number of carboxylic acid groups (broad SMARTS) is 1. The number of halogens is 3. The molecule has 2 aromatic rings. The number of anilines is 1. The van der Waals surface area contributed by atoms with Crippen LogP contribution in [0.1, 0.15) is 10.5 Å². The number of pyridine rings is 1. The van der Waals surface area contributed by atoms with Crippen molar-refractivity contribution >= 4 is 46.5 Å². The average molecular weight is 318 g/mol. The molecule has 0 saturated heterocycles. The molecule has 0 aliphatic rings. The van der Waals surface area contributed by atoms with Gasteiger partial charge in [0, 0.05) is 10.6 Å². The Morgan fingerprint density at radius 1 is 1.21 bits per heavy atom. The van der Waals surface area contributed by atoms with Gasteiger partial charge in [-0.3, -0.25) is 0 Å². The third-order valence-electron chi connectivity index (χ3n) is 2.40. The zero-order chi connectivity index (χ0) is 14.2. The van der Waals surface area contributed by atoms with Crippen molar-refractivity contribution < 1.29 is 9.90 Å². The zero-order valence-corrected chi connectivity index (χ0v) is 11.6. The predicted molar refractivity (Wildman–Crippen MR) is 76.1 cm³/mol. The first kappa shape index (κ1) is 13.9. The van der Waals surface area contributed by atoms with Gasteiger partial charge in [-0.2, -0.15) is 0 Å². The molecule has 7 heteroatoms. The van der Waals surface area contributed by atoms with E-state index in [0.29, 0.717) is 21.3 Å². The molecule has 0 saturated carbocycles. The van der Waals surface area contributed by atoms with Crippen molar-refractivity contribution in [3.05, 3.63) is 45.0 Å². The number of rotatable bonds is 2. The van der Waals surface area contributed by atoms with E-state index in [4.69, 9.17) is 45.6 Å². The van der Waals surface area contributed by atoms with E-state index < -0.39 is 5.97 Å². The highest BCUT2D eigenvalue weighted by Crippen LogP contribution is 2.33. The number of hydrogen-bond donors (Lipinski definition) is 2. The average Bonchev–Trinajstić information content (AvgIpc) is 2.32. The van der Waals surface area contributed by atoms with Crippen LogP contribution in [0, 0.1) is 0 Å². The van der Waals surface area contributed by atoms with Crippen molar-refractivity contribution in [1.29, 1.82) is 0 Å².